The van der Waals surface area contributed by atoms with Crippen molar-refractivity contribution < 1.29 is 14.3 Å². The highest BCUT2D eigenvalue weighted by Crippen LogP contribution is 2.30. The number of ether oxygens (including phenoxy) is 2. The second kappa shape index (κ2) is 12.0. The van der Waals surface area contributed by atoms with Crippen LogP contribution in [0.4, 0.5) is 0 Å². The lowest BCUT2D eigenvalue weighted by molar-refractivity contribution is -0.144. The molecule has 6 nitrogen and oxygen atoms in total. The monoisotopic (exact) mass is 471 g/mol. The molecular formula is C26H34ClN3O3. The molecule has 33 heavy (non-hydrogen) atoms. The van der Waals surface area contributed by atoms with Gasteiger partial charge in [0.05, 0.1) is 31.9 Å². The molecule has 2 aliphatic heterocycles. The van der Waals surface area contributed by atoms with E-state index in [4.69, 9.17) is 21.1 Å². The van der Waals surface area contributed by atoms with E-state index in [1.807, 2.05) is 24.0 Å². The van der Waals surface area contributed by atoms with Crippen LogP contribution in [0.1, 0.15) is 24.1 Å². The molecule has 2 unspecified atom stereocenters. The molecule has 2 aliphatic rings. The van der Waals surface area contributed by atoms with Crippen LogP contribution < -0.4 is 0 Å². The topological polar surface area (TPSA) is 45.2 Å². The minimum atomic E-state index is 0.0595. The summed E-state index contributed by atoms with van der Waals surface area (Å²) < 4.78 is 11.1. The van der Waals surface area contributed by atoms with Gasteiger partial charge in [-0.15, -0.1) is 0 Å². The number of benzene rings is 2. The van der Waals surface area contributed by atoms with Gasteiger partial charge in [0.25, 0.3) is 0 Å². The Balaban J connectivity index is 1.25. The van der Waals surface area contributed by atoms with E-state index in [1.54, 1.807) is 0 Å². The molecule has 2 fully saturated rings. The normalized spacial score (nSPS) is 21.2. The number of nitrogens with zero attached hydrogens (tertiary/aromatic N) is 3. The van der Waals surface area contributed by atoms with Gasteiger partial charge in [-0.3, -0.25) is 14.6 Å². The Hall–Kier alpha value is -1.96. The number of carbonyl (C=O) groups is 1. The number of hydrogen-bond donors (Lipinski definition) is 0. The van der Waals surface area contributed by atoms with Gasteiger partial charge in [-0.25, -0.2) is 0 Å². The highest BCUT2D eigenvalue weighted by atomic mass is 35.5. The number of morpholine rings is 1. The lowest BCUT2D eigenvalue weighted by atomic mass is 9.96. The van der Waals surface area contributed by atoms with Gasteiger partial charge in [-0.1, -0.05) is 54.1 Å². The molecule has 0 aliphatic carbocycles. The average molecular weight is 472 g/mol. The molecule has 0 bridgehead atoms. The molecule has 2 saturated heterocycles. The van der Waals surface area contributed by atoms with E-state index in [1.165, 1.54) is 11.1 Å². The van der Waals surface area contributed by atoms with Crippen LogP contribution in [0.5, 0.6) is 0 Å². The Morgan fingerprint density at radius 1 is 1.03 bits per heavy atom. The van der Waals surface area contributed by atoms with Crippen molar-refractivity contribution in [2.45, 2.75) is 19.0 Å². The van der Waals surface area contributed by atoms with E-state index in [2.05, 4.69) is 52.3 Å². The molecule has 0 radical (unpaired) electrons. The van der Waals surface area contributed by atoms with Crippen LogP contribution in [0, 0.1) is 0 Å². The van der Waals surface area contributed by atoms with Crippen molar-refractivity contribution in [3.63, 3.8) is 0 Å². The fraction of sp³-hybridized carbons (Fsp3) is 0.500. The van der Waals surface area contributed by atoms with E-state index in [0.717, 1.165) is 37.7 Å². The number of piperazine rings is 1. The van der Waals surface area contributed by atoms with Gasteiger partial charge in [-0.05, 0) is 30.2 Å². The Kier molecular flexibility index (Phi) is 8.75. The standard InChI is InChI=1S/C26H34ClN3O3/c1-21-19-32-18-16-30(21)25(31)20-33-17-15-28-11-13-29(14-12-28)26(22-5-3-2-4-6-22)23-7-9-24(27)10-8-23/h2-10,21,26H,11-20H2,1H3. The first-order chi connectivity index (χ1) is 16.1. The summed E-state index contributed by atoms with van der Waals surface area (Å²) >= 11 is 6.14. The second-order valence-corrected chi connectivity index (χ2v) is 9.24. The third-order valence-electron chi connectivity index (χ3n) is 6.54. The molecule has 2 aromatic carbocycles. The summed E-state index contributed by atoms with van der Waals surface area (Å²) in [5.41, 5.74) is 2.56. The highest BCUT2D eigenvalue weighted by Gasteiger charge is 2.27. The number of carbonyl (C=O) groups excluding carboxylic acids is 1. The highest BCUT2D eigenvalue weighted by molar-refractivity contribution is 6.30. The van der Waals surface area contributed by atoms with Gasteiger partial charge < -0.3 is 14.4 Å². The van der Waals surface area contributed by atoms with E-state index in [9.17, 15) is 4.79 Å². The smallest absolute Gasteiger partial charge is 0.248 e. The van der Waals surface area contributed by atoms with Crippen LogP contribution in [0.15, 0.2) is 54.6 Å². The molecule has 2 aromatic rings. The van der Waals surface area contributed by atoms with E-state index < -0.39 is 0 Å². The van der Waals surface area contributed by atoms with Crippen LogP contribution in [0.3, 0.4) is 0 Å². The van der Waals surface area contributed by atoms with E-state index in [-0.39, 0.29) is 24.6 Å². The molecule has 0 saturated carbocycles. The molecule has 2 heterocycles. The maximum absolute atomic E-state index is 12.4. The van der Waals surface area contributed by atoms with Crippen molar-refractivity contribution in [2.24, 2.45) is 0 Å². The van der Waals surface area contributed by atoms with E-state index >= 15 is 0 Å². The van der Waals surface area contributed by atoms with Crippen LogP contribution in [0.2, 0.25) is 5.02 Å². The van der Waals surface area contributed by atoms with E-state index in [0.29, 0.717) is 26.4 Å². The number of halogens is 1. The lowest BCUT2D eigenvalue weighted by Gasteiger charge is -2.39. The molecule has 178 valence electrons. The third kappa shape index (κ3) is 6.55. The Labute approximate surface area is 202 Å². The first-order valence-electron chi connectivity index (χ1n) is 11.8. The van der Waals surface area contributed by atoms with Crippen molar-refractivity contribution in [3.05, 3.63) is 70.7 Å². The molecule has 0 aromatic heterocycles. The molecule has 4 rings (SSSR count). The fourth-order valence-electron chi connectivity index (χ4n) is 4.67. The summed E-state index contributed by atoms with van der Waals surface area (Å²) in [6, 6.07) is 19.2. The zero-order valence-electron chi connectivity index (χ0n) is 19.4. The fourth-order valence-corrected chi connectivity index (χ4v) is 4.80. The van der Waals surface area contributed by atoms with Crippen LogP contribution >= 0.6 is 11.6 Å². The van der Waals surface area contributed by atoms with Gasteiger partial charge in [0.2, 0.25) is 5.91 Å². The van der Waals surface area contributed by atoms with Crippen molar-refractivity contribution in [2.75, 3.05) is 65.7 Å². The van der Waals surface area contributed by atoms with Crippen LogP contribution in [0.25, 0.3) is 0 Å². The van der Waals surface area contributed by atoms with Crippen LogP contribution in [-0.4, -0.2) is 92.3 Å². The van der Waals surface area contributed by atoms with Crippen molar-refractivity contribution in [1.82, 2.24) is 14.7 Å². The molecule has 0 spiro atoms. The summed E-state index contributed by atoms with van der Waals surface area (Å²) in [6.07, 6.45) is 0. The maximum Gasteiger partial charge on any atom is 0.248 e. The molecule has 0 N–H and O–H groups in total. The Bertz CT molecular complexity index is 872. The summed E-state index contributed by atoms with van der Waals surface area (Å²) in [5.74, 6) is 0.0595. The summed E-state index contributed by atoms with van der Waals surface area (Å²) in [6.45, 7) is 9.38. The first-order valence-corrected chi connectivity index (χ1v) is 12.2. The summed E-state index contributed by atoms with van der Waals surface area (Å²) in [4.78, 5) is 19.2. The minimum Gasteiger partial charge on any atom is -0.377 e. The molecule has 7 heteroatoms. The lowest BCUT2D eigenvalue weighted by Crippen LogP contribution is -2.49. The molecule has 2 atom stereocenters. The average Bonchev–Trinajstić information content (AvgIpc) is 2.85. The summed E-state index contributed by atoms with van der Waals surface area (Å²) in [5, 5.41) is 0.761. The van der Waals surface area contributed by atoms with Gasteiger partial charge in [-0.2, -0.15) is 0 Å². The molecule has 1 amide bonds. The van der Waals surface area contributed by atoms with Crippen molar-refractivity contribution in [3.8, 4) is 0 Å². The third-order valence-corrected chi connectivity index (χ3v) is 6.79. The predicted molar refractivity (Wildman–Crippen MR) is 131 cm³/mol. The Morgan fingerprint density at radius 3 is 2.42 bits per heavy atom. The second-order valence-electron chi connectivity index (χ2n) is 8.81. The number of rotatable bonds is 8. The van der Waals surface area contributed by atoms with Gasteiger partial charge in [0.15, 0.2) is 0 Å². The van der Waals surface area contributed by atoms with Gasteiger partial charge in [0, 0.05) is 44.3 Å². The largest absolute Gasteiger partial charge is 0.377 e. The quantitative estimate of drug-likeness (QED) is 0.553. The zero-order chi connectivity index (χ0) is 23.0. The van der Waals surface area contributed by atoms with Crippen molar-refractivity contribution in [1.29, 1.82) is 0 Å². The first kappa shape index (κ1) is 24.2. The number of hydrogen-bond acceptors (Lipinski definition) is 5. The summed E-state index contributed by atoms with van der Waals surface area (Å²) in [7, 11) is 0. The number of amides is 1. The van der Waals surface area contributed by atoms with Crippen LogP contribution in [-0.2, 0) is 14.3 Å². The Morgan fingerprint density at radius 2 is 1.73 bits per heavy atom. The van der Waals surface area contributed by atoms with Crippen molar-refractivity contribution >= 4 is 17.5 Å². The minimum absolute atomic E-state index is 0.0595. The predicted octanol–water partition coefficient (Wildman–Crippen LogP) is 3.31. The maximum atomic E-state index is 12.4. The SMILES string of the molecule is CC1COCCN1C(=O)COCCN1CCN(C(c2ccccc2)c2ccc(Cl)cc2)CC1. The molecular weight excluding hydrogens is 438 g/mol. The van der Waals surface area contributed by atoms with Gasteiger partial charge in [0.1, 0.15) is 6.61 Å². The zero-order valence-corrected chi connectivity index (χ0v) is 20.1. The van der Waals surface area contributed by atoms with Gasteiger partial charge >= 0.3 is 0 Å².